The molecule has 0 atom stereocenters. The number of hydrogen-bond donors (Lipinski definition) is 1. The van der Waals surface area contributed by atoms with Crippen LogP contribution in [0.1, 0.15) is 39.2 Å². The number of benzene rings is 1. The van der Waals surface area contributed by atoms with Crippen molar-refractivity contribution in [3.8, 4) is 0 Å². The molecule has 1 aromatic carbocycles. The SMILES string of the molecule is CCOC(=O)CCC(=O)Nc1ccc(C)c(S(=O)(=O)N(CC)CC)c1. The highest BCUT2D eigenvalue weighted by atomic mass is 32.2. The molecular weight excluding hydrogens is 344 g/mol. The number of carbonyl (C=O) groups excluding carboxylic acids is 2. The van der Waals surface area contributed by atoms with Gasteiger partial charge in [0.25, 0.3) is 0 Å². The summed E-state index contributed by atoms with van der Waals surface area (Å²) in [7, 11) is -3.62. The normalized spacial score (nSPS) is 11.4. The number of amides is 1. The van der Waals surface area contributed by atoms with Crippen LogP contribution in [0.5, 0.6) is 0 Å². The first-order chi connectivity index (χ1) is 11.8. The number of ether oxygens (including phenoxy) is 1. The van der Waals surface area contributed by atoms with Crippen molar-refractivity contribution in [1.82, 2.24) is 4.31 Å². The molecule has 1 N–H and O–H groups in total. The Morgan fingerprint density at radius 3 is 2.32 bits per heavy atom. The van der Waals surface area contributed by atoms with E-state index in [1.54, 1.807) is 39.8 Å². The smallest absolute Gasteiger partial charge is 0.306 e. The summed E-state index contributed by atoms with van der Waals surface area (Å²) in [6.07, 6.45) is -0.0407. The van der Waals surface area contributed by atoms with Gasteiger partial charge in [-0.2, -0.15) is 4.31 Å². The highest BCUT2D eigenvalue weighted by Gasteiger charge is 2.24. The van der Waals surface area contributed by atoms with Gasteiger partial charge in [-0.3, -0.25) is 9.59 Å². The maximum atomic E-state index is 12.7. The van der Waals surface area contributed by atoms with Crippen LogP contribution in [0.25, 0.3) is 0 Å². The molecule has 0 aromatic heterocycles. The number of esters is 1. The Morgan fingerprint density at radius 1 is 1.12 bits per heavy atom. The molecule has 1 amide bonds. The quantitative estimate of drug-likeness (QED) is 0.673. The Labute approximate surface area is 149 Å². The molecule has 1 aromatic rings. The van der Waals surface area contributed by atoms with Crippen molar-refractivity contribution >= 4 is 27.6 Å². The van der Waals surface area contributed by atoms with Gasteiger partial charge in [-0.1, -0.05) is 19.9 Å². The summed E-state index contributed by atoms with van der Waals surface area (Å²) in [5.74, 6) is -0.811. The van der Waals surface area contributed by atoms with E-state index in [2.05, 4.69) is 5.32 Å². The van der Waals surface area contributed by atoms with E-state index in [1.807, 2.05) is 0 Å². The van der Waals surface area contributed by atoms with Crippen LogP contribution in [-0.4, -0.2) is 44.3 Å². The van der Waals surface area contributed by atoms with Crippen molar-refractivity contribution in [3.63, 3.8) is 0 Å². The highest BCUT2D eigenvalue weighted by Crippen LogP contribution is 2.23. The molecule has 8 heteroatoms. The second-order valence-electron chi connectivity index (χ2n) is 5.42. The highest BCUT2D eigenvalue weighted by molar-refractivity contribution is 7.89. The molecular formula is C17H26N2O5S. The summed E-state index contributed by atoms with van der Waals surface area (Å²) in [6, 6.07) is 4.74. The second-order valence-corrected chi connectivity index (χ2v) is 7.33. The first kappa shape index (κ1) is 21.1. The third-order valence-electron chi connectivity index (χ3n) is 3.66. The summed E-state index contributed by atoms with van der Waals surface area (Å²) >= 11 is 0. The lowest BCUT2D eigenvalue weighted by atomic mass is 10.2. The van der Waals surface area contributed by atoms with Gasteiger partial charge in [-0.15, -0.1) is 0 Å². The van der Waals surface area contributed by atoms with E-state index in [0.717, 1.165) is 0 Å². The molecule has 0 heterocycles. The Balaban J connectivity index is 2.91. The van der Waals surface area contributed by atoms with E-state index in [1.165, 1.54) is 10.4 Å². The van der Waals surface area contributed by atoms with E-state index in [-0.39, 0.29) is 30.3 Å². The van der Waals surface area contributed by atoms with Crippen molar-refractivity contribution in [2.75, 3.05) is 25.0 Å². The van der Waals surface area contributed by atoms with Gasteiger partial charge in [0, 0.05) is 25.2 Å². The van der Waals surface area contributed by atoms with Crippen LogP contribution in [0.2, 0.25) is 0 Å². The van der Waals surface area contributed by atoms with E-state index < -0.39 is 16.0 Å². The van der Waals surface area contributed by atoms with Crippen LogP contribution in [0.4, 0.5) is 5.69 Å². The summed E-state index contributed by atoms with van der Waals surface area (Å²) in [6.45, 7) is 7.97. The summed E-state index contributed by atoms with van der Waals surface area (Å²) in [4.78, 5) is 23.4. The fraction of sp³-hybridized carbons (Fsp3) is 0.529. The lowest BCUT2D eigenvalue weighted by Crippen LogP contribution is -2.31. The fourth-order valence-corrected chi connectivity index (χ4v) is 4.04. The van der Waals surface area contributed by atoms with E-state index >= 15 is 0 Å². The zero-order chi connectivity index (χ0) is 19.0. The number of anilines is 1. The number of nitrogens with one attached hydrogen (secondary N) is 1. The number of rotatable bonds is 9. The van der Waals surface area contributed by atoms with Crippen LogP contribution < -0.4 is 5.32 Å². The maximum Gasteiger partial charge on any atom is 0.306 e. The number of sulfonamides is 1. The third-order valence-corrected chi connectivity index (χ3v) is 5.85. The summed E-state index contributed by atoms with van der Waals surface area (Å²) in [5, 5.41) is 2.62. The van der Waals surface area contributed by atoms with Gasteiger partial charge in [0.15, 0.2) is 0 Å². The van der Waals surface area contributed by atoms with Crippen molar-refractivity contribution in [2.45, 2.75) is 45.4 Å². The molecule has 7 nitrogen and oxygen atoms in total. The minimum atomic E-state index is -3.62. The molecule has 140 valence electrons. The number of aryl methyl sites for hydroxylation is 1. The average molecular weight is 370 g/mol. The van der Waals surface area contributed by atoms with Crippen molar-refractivity contribution in [1.29, 1.82) is 0 Å². The van der Waals surface area contributed by atoms with Crippen LogP contribution in [0.3, 0.4) is 0 Å². The molecule has 25 heavy (non-hydrogen) atoms. The van der Waals surface area contributed by atoms with Gasteiger partial charge in [-0.25, -0.2) is 8.42 Å². The number of hydrogen-bond acceptors (Lipinski definition) is 5. The van der Waals surface area contributed by atoms with E-state index in [4.69, 9.17) is 4.74 Å². The Bertz CT molecular complexity index is 712. The minimum absolute atomic E-state index is 0.0177. The van der Waals surface area contributed by atoms with Crippen LogP contribution in [-0.2, 0) is 24.3 Å². The molecule has 0 aliphatic heterocycles. The van der Waals surface area contributed by atoms with Gasteiger partial charge in [-0.05, 0) is 31.5 Å². The van der Waals surface area contributed by atoms with Gasteiger partial charge >= 0.3 is 5.97 Å². The maximum absolute atomic E-state index is 12.7. The predicted molar refractivity (Wildman–Crippen MR) is 95.8 cm³/mol. The standard InChI is InChI=1S/C17H26N2O5S/c1-5-19(6-2)25(22,23)15-12-14(9-8-13(15)4)18-16(20)10-11-17(21)24-7-3/h8-9,12H,5-7,10-11H2,1-4H3,(H,18,20). The largest absolute Gasteiger partial charge is 0.466 e. The Kier molecular flexibility index (Phi) is 8.05. The Morgan fingerprint density at radius 2 is 1.76 bits per heavy atom. The van der Waals surface area contributed by atoms with Crippen LogP contribution >= 0.6 is 0 Å². The fourth-order valence-electron chi connectivity index (χ4n) is 2.33. The number of carbonyl (C=O) groups is 2. The zero-order valence-electron chi connectivity index (χ0n) is 15.2. The lowest BCUT2D eigenvalue weighted by molar-refractivity contribution is -0.144. The topological polar surface area (TPSA) is 92.8 Å². The first-order valence-corrected chi connectivity index (χ1v) is 9.76. The molecule has 0 unspecified atom stereocenters. The molecule has 0 aliphatic carbocycles. The number of nitrogens with zero attached hydrogens (tertiary/aromatic N) is 1. The third kappa shape index (κ3) is 5.82. The van der Waals surface area contributed by atoms with E-state index in [0.29, 0.717) is 24.3 Å². The first-order valence-electron chi connectivity index (χ1n) is 8.32. The van der Waals surface area contributed by atoms with Crippen molar-refractivity contribution in [2.24, 2.45) is 0 Å². The van der Waals surface area contributed by atoms with Gasteiger partial charge in [0.05, 0.1) is 17.9 Å². The minimum Gasteiger partial charge on any atom is -0.466 e. The van der Waals surface area contributed by atoms with Crippen molar-refractivity contribution in [3.05, 3.63) is 23.8 Å². The van der Waals surface area contributed by atoms with Gasteiger partial charge < -0.3 is 10.1 Å². The molecule has 0 radical (unpaired) electrons. The second kappa shape index (κ2) is 9.53. The molecule has 0 bridgehead atoms. The molecule has 0 spiro atoms. The van der Waals surface area contributed by atoms with Crippen molar-refractivity contribution < 1.29 is 22.7 Å². The summed E-state index contributed by atoms with van der Waals surface area (Å²) < 4.78 is 31.5. The molecule has 0 fully saturated rings. The molecule has 0 saturated heterocycles. The Hall–Kier alpha value is -1.93. The van der Waals surface area contributed by atoms with Crippen LogP contribution in [0.15, 0.2) is 23.1 Å². The summed E-state index contributed by atoms with van der Waals surface area (Å²) in [5.41, 5.74) is 0.988. The van der Waals surface area contributed by atoms with Gasteiger partial charge in [0.1, 0.15) is 0 Å². The van der Waals surface area contributed by atoms with Gasteiger partial charge in [0.2, 0.25) is 15.9 Å². The molecule has 0 saturated carbocycles. The zero-order valence-corrected chi connectivity index (χ0v) is 16.0. The predicted octanol–water partition coefficient (Wildman–Crippen LogP) is 2.31. The monoisotopic (exact) mass is 370 g/mol. The average Bonchev–Trinajstić information content (AvgIpc) is 2.55. The molecule has 0 aliphatic rings. The van der Waals surface area contributed by atoms with Crippen LogP contribution in [0, 0.1) is 6.92 Å². The molecule has 1 rings (SSSR count). The van der Waals surface area contributed by atoms with E-state index in [9.17, 15) is 18.0 Å². The lowest BCUT2D eigenvalue weighted by Gasteiger charge is -2.20.